The second-order valence-electron chi connectivity index (χ2n) is 14.9. The molecule has 4 N–H and O–H groups in total. The summed E-state index contributed by atoms with van der Waals surface area (Å²) in [6.45, 7) is 2.64. The second kappa shape index (κ2) is 39.7. The minimum absolute atomic E-state index is 0.155. The van der Waals surface area contributed by atoms with Crippen LogP contribution in [0.15, 0.2) is 48.6 Å². The lowest BCUT2D eigenvalue weighted by molar-refractivity contribution is -0.161. The molecule has 0 aromatic rings. The summed E-state index contributed by atoms with van der Waals surface area (Å²) in [6, 6.07) is 0. The Balaban J connectivity index is 4.38. The van der Waals surface area contributed by atoms with E-state index in [-0.39, 0.29) is 26.1 Å². The van der Waals surface area contributed by atoms with Gasteiger partial charge in [0, 0.05) is 19.4 Å². The van der Waals surface area contributed by atoms with Gasteiger partial charge < -0.3 is 29.7 Å². The maximum Gasteiger partial charge on any atom is 0.472 e. The molecule has 0 amide bonds. The Labute approximate surface area is 339 Å². The first-order chi connectivity index (χ1) is 27.1. The van der Waals surface area contributed by atoms with Crippen LogP contribution in [0, 0.1) is 5.92 Å². The number of esters is 2. The zero-order valence-electron chi connectivity index (χ0n) is 35.0. The Kier molecular flexibility index (Phi) is 38.2. The van der Waals surface area contributed by atoms with Gasteiger partial charge in [-0.25, -0.2) is 4.57 Å². The molecule has 1 unspecified atom stereocenters. The molecule has 0 aromatic carbocycles. The van der Waals surface area contributed by atoms with Gasteiger partial charge in [-0.05, 0) is 63.7 Å². The molecule has 0 saturated heterocycles. The molecule has 0 bridgehead atoms. The molecule has 0 aliphatic rings. The molecule has 56 heavy (non-hydrogen) atoms. The number of hydrogen-bond donors (Lipinski definition) is 4. The molecule has 326 valence electrons. The average molecular weight is 815 g/mol. The molecule has 0 saturated carbocycles. The summed E-state index contributed by atoms with van der Waals surface area (Å²) < 4.78 is 32.6. The van der Waals surface area contributed by atoms with E-state index in [2.05, 4.69) is 54.8 Å². The Morgan fingerprint density at radius 2 is 1.04 bits per heavy atom. The third kappa shape index (κ3) is 40.1. The summed E-state index contributed by atoms with van der Waals surface area (Å²) in [5, 5.41) is 27.1. The van der Waals surface area contributed by atoms with E-state index in [0.29, 0.717) is 19.3 Å². The number of hydrogen-bond acceptors (Lipinski definition) is 10. The van der Waals surface area contributed by atoms with Gasteiger partial charge in [0.25, 0.3) is 0 Å². The highest BCUT2D eigenvalue weighted by Gasteiger charge is 2.27. The number of unbranched alkanes of at least 4 members (excludes halogenated alkanes) is 15. The van der Waals surface area contributed by atoms with Crippen molar-refractivity contribution in [3.05, 3.63) is 48.6 Å². The molecule has 0 fully saturated rings. The monoisotopic (exact) mass is 815 g/mol. The minimum Gasteiger partial charge on any atom is -0.462 e. The largest absolute Gasteiger partial charge is 0.472 e. The predicted octanol–water partition coefficient (Wildman–Crippen LogP) is 10.2. The Hall–Kier alpha value is -2.11. The third-order valence-corrected chi connectivity index (χ3v) is 9.92. The van der Waals surface area contributed by atoms with Crippen molar-refractivity contribution in [2.24, 2.45) is 5.92 Å². The van der Waals surface area contributed by atoms with Crippen molar-refractivity contribution in [3.8, 4) is 0 Å². The van der Waals surface area contributed by atoms with Crippen LogP contribution in [0.25, 0.3) is 0 Å². The quantitative estimate of drug-likeness (QED) is 0.0201. The number of carbonyl (C=O) groups is 2. The summed E-state index contributed by atoms with van der Waals surface area (Å²) in [6.07, 6.45) is 38.2. The van der Waals surface area contributed by atoms with Crippen LogP contribution in [0.5, 0.6) is 0 Å². The van der Waals surface area contributed by atoms with Crippen molar-refractivity contribution < 1.29 is 52.9 Å². The minimum atomic E-state index is -4.63. The molecule has 0 aromatic heterocycles. The first-order valence-electron chi connectivity index (χ1n) is 21.6. The number of allylic oxidation sites excluding steroid dienone is 8. The second-order valence-corrected chi connectivity index (χ2v) is 16.4. The zero-order valence-corrected chi connectivity index (χ0v) is 35.8. The molecular formula is C44H79O11P. The van der Waals surface area contributed by atoms with Gasteiger partial charge in [-0.15, -0.1) is 0 Å². The lowest BCUT2D eigenvalue weighted by Gasteiger charge is -2.20. The average Bonchev–Trinajstić information content (AvgIpc) is 3.17. The van der Waals surface area contributed by atoms with Gasteiger partial charge in [0.05, 0.1) is 19.8 Å². The zero-order chi connectivity index (χ0) is 41.4. The van der Waals surface area contributed by atoms with E-state index >= 15 is 0 Å². The van der Waals surface area contributed by atoms with Crippen LogP contribution in [-0.4, -0.2) is 77.4 Å². The molecule has 0 radical (unpaired) electrons. The number of carbonyl (C=O) groups excluding carboxylic acids is 2. The van der Waals surface area contributed by atoms with Crippen LogP contribution in [0.2, 0.25) is 0 Å². The molecule has 12 heteroatoms. The fraction of sp³-hybridized carbons (Fsp3) is 0.773. The molecular weight excluding hydrogens is 735 g/mol. The molecule has 3 atom stereocenters. The first kappa shape index (κ1) is 53.9. The van der Waals surface area contributed by atoms with Gasteiger partial charge in [-0.3, -0.25) is 18.6 Å². The van der Waals surface area contributed by atoms with Gasteiger partial charge in [0.15, 0.2) is 6.10 Å². The van der Waals surface area contributed by atoms with E-state index in [4.69, 9.17) is 24.2 Å². The van der Waals surface area contributed by atoms with Gasteiger partial charge in [0.1, 0.15) is 12.7 Å². The maximum absolute atomic E-state index is 12.6. The van der Waals surface area contributed by atoms with Gasteiger partial charge in [0.2, 0.25) is 0 Å². The van der Waals surface area contributed by atoms with Crippen LogP contribution in [0.3, 0.4) is 0 Å². The Bertz CT molecular complexity index is 1090. The number of aliphatic hydroxyl groups excluding tert-OH is 3. The van der Waals surface area contributed by atoms with Gasteiger partial charge in [-0.2, -0.15) is 0 Å². The molecule has 0 rings (SSSR count). The molecule has 0 aliphatic carbocycles. The standard InChI is InChI=1S/C44H79O11P/c1-40(2)32-28-24-20-16-12-9-10-14-18-22-26-30-34-44(49)55-42(39-54-56(50,51)53-37-41(47)36-46)38-52-43(48)33-29-25-21-17-13-8-6-4-3-5-7-11-15-19-23-27-31-35-45/h3,5-6,8,11,15,17,21,40-42,45-47H,4,7,9-10,12-14,16,18-20,22-39H2,1-2H3,(H,50,51)/b5-3-,8-6-,15-11-,21-17-/t41-,42+/m0/s1. The fourth-order valence-corrected chi connectivity index (χ4v) is 6.41. The smallest absolute Gasteiger partial charge is 0.462 e. The normalized spacial score (nSPS) is 14.4. The van der Waals surface area contributed by atoms with E-state index in [1.54, 1.807) is 0 Å². The Morgan fingerprint density at radius 3 is 1.57 bits per heavy atom. The molecule has 0 spiro atoms. The van der Waals surface area contributed by atoms with Crippen molar-refractivity contribution in [1.82, 2.24) is 0 Å². The van der Waals surface area contributed by atoms with Crippen molar-refractivity contribution in [3.63, 3.8) is 0 Å². The number of aliphatic hydroxyl groups is 3. The van der Waals surface area contributed by atoms with Crippen LogP contribution >= 0.6 is 7.82 Å². The van der Waals surface area contributed by atoms with Crippen LogP contribution in [-0.2, 0) is 32.7 Å². The van der Waals surface area contributed by atoms with E-state index < -0.39 is 51.8 Å². The third-order valence-electron chi connectivity index (χ3n) is 8.97. The van der Waals surface area contributed by atoms with Crippen molar-refractivity contribution in [2.75, 3.05) is 33.0 Å². The maximum atomic E-state index is 12.6. The summed E-state index contributed by atoms with van der Waals surface area (Å²) in [5.74, 6) is -0.204. The molecule has 0 heterocycles. The lowest BCUT2D eigenvalue weighted by atomic mass is 10.0. The van der Waals surface area contributed by atoms with Crippen molar-refractivity contribution in [1.29, 1.82) is 0 Å². The number of phosphoric ester groups is 1. The van der Waals surface area contributed by atoms with E-state index in [1.165, 1.54) is 57.8 Å². The number of rotatable bonds is 40. The van der Waals surface area contributed by atoms with Crippen LogP contribution < -0.4 is 0 Å². The summed E-state index contributed by atoms with van der Waals surface area (Å²) >= 11 is 0. The number of phosphoric acid groups is 1. The van der Waals surface area contributed by atoms with Gasteiger partial charge >= 0.3 is 19.8 Å². The highest BCUT2D eigenvalue weighted by molar-refractivity contribution is 7.47. The highest BCUT2D eigenvalue weighted by atomic mass is 31.2. The van der Waals surface area contributed by atoms with Crippen LogP contribution in [0.1, 0.15) is 168 Å². The topological polar surface area (TPSA) is 169 Å². The van der Waals surface area contributed by atoms with E-state index in [0.717, 1.165) is 70.1 Å². The van der Waals surface area contributed by atoms with Crippen molar-refractivity contribution in [2.45, 2.75) is 180 Å². The SMILES string of the molecule is CC(C)CCCCCCCCCCCCCCC(=O)O[C@H](COC(=O)CCC/C=C\C/C=C\C/C=C\C/C=C\CCCCCO)COP(=O)(O)OC[C@@H](O)CO. The first-order valence-corrected chi connectivity index (χ1v) is 23.1. The highest BCUT2D eigenvalue weighted by Crippen LogP contribution is 2.43. The molecule has 0 aliphatic heterocycles. The predicted molar refractivity (Wildman–Crippen MR) is 225 cm³/mol. The van der Waals surface area contributed by atoms with E-state index in [1.807, 2.05) is 12.2 Å². The van der Waals surface area contributed by atoms with Crippen LogP contribution in [0.4, 0.5) is 0 Å². The summed E-state index contributed by atoms with van der Waals surface area (Å²) in [5.41, 5.74) is 0. The van der Waals surface area contributed by atoms with Crippen molar-refractivity contribution >= 4 is 19.8 Å². The van der Waals surface area contributed by atoms with Gasteiger partial charge in [-0.1, -0.05) is 146 Å². The fourth-order valence-electron chi connectivity index (χ4n) is 5.62. The Morgan fingerprint density at radius 1 is 0.571 bits per heavy atom. The summed E-state index contributed by atoms with van der Waals surface area (Å²) in [7, 11) is -4.63. The van der Waals surface area contributed by atoms with E-state index in [9.17, 15) is 24.2 Å². The number of ether oxygens (including phenoxy) is 2. The summed E-state index contributed by atoms with van der Waals surface area (Å²) in [4.78, 5) is 34.9. The lowest BCUT2D eigenvalue weighted by Crippen LogP contribution is -2.29. The molecule has 11 nitrogen and oxygen atoms in total.